The fourth-order valence-electron chi connectivity index (χ4n) is 9.70. The Kier molecular flexibility index (Phi) is 6.67. The second-order valence-electron chi connectivity index (χ2n) is 14.5. The summed E-state index contributed by atoms with van der Waals surface area (Å²) in [6.45, 7) is 14.4. The third-order valence-electron chi connectivity index (χ3n) is 11.6. The molecule has 2 heterocycles. The lowest BCUT2D eigenvalue weighted by atomic mass is 9.46. The van der Waals surface area contributed by atoms with E-state index in [1.807, 2.05) is 0 Å². The van der Waals surface area contributed by atoms with Crippen LogP contribution in [0.4, 0.5) is 4.79 Å². The molecule has 1 N–H and O–H groups in total. The van der Waals surface area contributed by atoms with Crippen molar-refractivity contribution >= 4 is 12.1 Å². The SMILES string of the molecule is CNC(=O)O[C@@H]1C=C2C[C@@H](OC(C)=O)[C@@H]3O[C@@H]3[C@]2(C)C2CC[C@@]3(C)C(CC[C@@H]3C(C)C3OCC(C)(C)CO3)C21. The highest BCUT2D eigenvalue weighted by molar-refractivity contribution is 5.67. The van der Waals surface area contributed by atoms with E-state index in [2.05, 4.69) is 46.0 Å². The average molecular weight is 546 g/mol. The lowest BCUT2D eigenvalue weighted by Gasteiger charge is -2.59. The molecule has 11 atom stereocenters. The van der Waals surface area contributed by atoms with Gasteiger partial charge < -0.3 is 29.0 Å². The Balaban J connectivity index is 1.30. The first-order chi connectivity index (χ1) is 18.4. The number of carbonyl (C=O) groups excluding carboxylic acids is 2. The van der Waals surface area contributed by atoms with E-state index in [4.69, 9.17) is 23.7 Å². The van der Waals surface area contributed by atoms with Crippen LogP contribution in [-0.2, 0) is 28.5 Å². The van der Waals surface area contributed by atoms with Crippen LogP contribution in [-0.4, -0.2) is 63.0 Å². The zero-order valence-electron chi connectivity index (χ0n) is 24.7. The van der Waals surface area contributed by atoms with Gasteiger partial charge in [-0.2, -0.15) is 0 Å². The van der Waals surface area contributed by atoms with E-state index in [0.29, 0.717) is 30.1 Å². The van der Waals surface area contributed by atoms with Crippen molar-refractivity contribution in [2.24, 2.45) is 45.8 Å². The molecular weight excluding hydrogens is 498 g/mol. The minimum absolute atomic E-state index is 0.0392. The molecule has 218 valence electrons. The first-order valence-corrected chi connectivity index (χ1v) is 15.0. The van der Waals surface area contributed by atoms with Gasteiger partial charge in [-0.05, 0) is 54.9 Å². The van der Waals surface area contributed by atoms with E-state index >= 15 is 0 Å². The standard InChI is InChI=1S/C31H47NO7/c1-16(27-35-14-29(3,4)15-36-27)19-8-9-20-24-21(10-11-30(19,20)5)31(6)18(12-22(24)38-28(34)32-7)13-23(37-17(2)33)25-26(31)39-25/h12,16,19-27H,8-11,13-15H2,1-7H3,(H,32,34)/t16?,19-,20?,21?,22-,23-,24?,25+,26+,30-,31+/m1/s1. The Morgan fingerprint density at radius 3 is 2.44 bits per heavy atom. The number of carbonyl (C=O) groups is 2. The predicted molar refractivity (Wildman–Crippen MR) is 144 cm³/mol. The Labute approximate surface area is 232 Å². The van der Waals surface area contributed by atoms with Crippen molar-refractivity contribution in [2.75, 3.05) is 20.3 Å². The minimum Gasteiger partial charge on any atom is -0.459 e. The lowest BCUT2D eigenvalue weighted by molar-refractivity contribution is -0.253. The van der Waals surface area contributed by atoms with E-state index in [9.17, 15) is 9.59 Å². The number of amides is 1. The van der Waals surface area contributed by atoms with Crippen molar-refractivity contribution in [3.63, 3.8) is 0 Å². The molecule has 1 amide bonds. The highest BCUT2D eigenvalue weighted by atomic mass is 16.7. The fraction of sp³-hybridized carbons (Fsp3) is 0.871. The predicted octanol–water partition coefficient (Wildman–Crippen LogP) is 4.85. The third-order valence-corrected chi connectivity index (χ3v) is 11.6. The van der Waals surface area contributed by atoms with Crippen LogP contribution >= 0.6 is 0 Å². The Morgan fingerprint density at radius 1 is 1.05 bits per heavy atom. The number of epoxide rings is 1. The van der Waals surface area contributed by atoms with Gasteiger partial charge in [0.05, 0.1) is 19.3 Å². The van der Waals surface area contributed by atoms with Crippen molar-refractivity contribution in [1.29, 1.82) is 0 Å². The summed E-state index contributed by atoms with van der Waals surface area (Å²) in [6, 6.07) is 0. The van der Waals surface area contributed by atoms with Crippen LogP contribution < -0.4 is 5.32 Å². The van der Waals surface area contributed by atoms with E-state index < -0.39 is 6.09 Å². The quantitative estimate of drug-likeness (QED) is 0.306. The molecule has 4 aliphatic carbocycles. The van der Waals surface area contributed by atoms with Gasteiger partial charge >= 0.3 is 12.1 Å². The molecule has 0 spiro atoms. The van der Waals surface area contributed by atoms with Gasteiger partial charge in [-0.15, -0.1) is 0 Å². The average Bonchev–Trinajstić information content (AvgIpc) is 3.61. The van der Waals surface area contributed by atoms with E-state index in [1.165, 1.54) is 12.5 Å². The number of fused-ring (bicyclic) bond motifs is 7. The van der Waals surface area contributed by atoms with Crippen molar-refractivity contribution in [3.8, 4) is 0 Å². The first kappa shape index (κ1) is 27.5. The van der Waals surface area contributed by atoms with Crippen LogP contribution in [0.3, 0.4) is 0 Å². The summed E-state index contributed by atoms with van der Waals surface area (Å²) in [7, 11) is 1.61. The van der Waals surface area contributed by atoms with Crippen molar-refractivity contribution in [1.82, 2.24) is 5.32 Å². The zero-order chi connectivity index (χ0) is 27.9. The number of rotatable bonds is 4. The molecule has 2 saturated heterocycles. The molecule has 0 aromatic rings. The molecule has 39 heavy (non-hydrogen) atoms. The summed E-state index contributed by atoms with van der Waals surface area (Å²) in [4.78, 5) is 24.4. The highest BCUT2D eigenvalue weighted by Crippen LogP contribution is 2.70. The van der Waals surface area contributed by atoms with Gasteiger partial charge in [0.15, 0.2) is 6.29 Å². The maximum Gasteiger partial charge on any atom is 0.407 e. The van der Waals surface area contributed by atoms with Gasteiger partial charge in [-0.1, -0.05) is 40.2 Å². The molecule has 8 nitrogen and oxygen atoms in total. The molecule has 4 unspecified atom stereocenters. The van der Waals surface area contributed by atoms with Crippen LogP contribution in [0.2, 0.25) is 0 Å². The third kappa shape index (κ3) is 4.35. The van der Waals surface area contributed by atoms with E-state index in [1.54, 1.807) is 7.05 Å². The molecule has 0 aromatic carbocycles. The number of esters is 1. The number of nitrogens with one attached hydrogen (secondary N) is 1. The number of hydrogen-bond acceptors (Lipinski definition) is 7. The van der Waals surface area contributed by atoms with Crippen LogP contribution in [0.1, 0.15) is 73.6 Å². The van der Waals surface area contributed by atoms with Crippen LogP contribution in [0.15, 0.2) is 11.6 Å². The minimum atomic E-state index is -0.395. The molecule has 0 radical (unpaired) electrons. The fourth-order valence-corrected chi connectivity index (χ4v) is 9.70. The summed E-state index contributed by atoms with van der Waals surface area (Å²) in [5, 5.41) is 2.67. The molecule has 0 aromatic heterocycles. The second kappa shape index (κ2) is 9.45. The molecule has 5 fully saturated rings. The molecule has 8 heteroatoms. The number of alkyl carbamates (subject to hydrolysis) is 1. The molecule has 0 bridgehead atoms. The monoisotopic (exact) mass is 545 g/mol. The van der Waals surface area contributed by atoms with Gasteiger partial charge in [0.25, 0.3) is 0 Å². The first-order valence-electron chi connectivity index (χ1n) is 15.0. The maximum absolute atomic E-state index is 12.6. The Bertz CT molecular complexity index is 1030. The molecule has 6 rings (SSSR count). The smallest absolute Gasteiger partial charge is 0.407 e. The van der Waals surface area contributed by atoms with Crippen LogP contribution in [0, 0.1) is 45.8 Å². The summed E-state index contributed by atoms with van der Waals surface area (Å²) in [5.41, 5.74) is 1.26. The van der Waals surface area contributed by atoms with Gasteiger partial charge in [-0.3, -0.25) is 4.79 Å². The summed E-state index contributed by atoms with van der Waals surface area (Å²) in [6.07, 6.45) is 6.15. The topological polar surface area (TPSA) is 95.6 Å². The van der Waals surface area contributed by atoms with Crippen LogP contribution in [0.5, 0.6) is 0 Å². The molecule has 3 saturated carbocycles. The highest BCUT2D eigenvalue weighted by Gasteiger charge is 2.70. The van der Waals surface area contributed by atoms with E-state index in [-0.39, 0.29) is 58.8 Å². The summed E-state index contributed by atoms with van der Waals surface area (Å²) >= 11 is 0. The van der Waals surface area contributed by atoms with Gasteiger partial charge in [0.1, 0.15) is 18.3 Å². The summed E-state index contributed by atoms with van der Waals surface area (Å²) in [5.74, 6) is 1.49. The summed E-state index contributed by atoms with van der Waals surface area (Å²) < 4.78 is 30.6. The Hall–Kier alpha value is -1.64. The van der Waals surface area contributed by atoms with Gasteiger partial charge in [-0.25, -0.2) is 4.79 Å². The van der Waals surface area contributed by atoms with Gasteiger partial charge in [0, 0.05) is 43.1 Å². The molecular formula is C31H47NO7. The second-order valence-corrected chi connectivity index (χ2v) is 14.5. The number of ether oxygens (including phenoxy) is 5. The largest absolute Gasteiger partial charge is 0.459 e. The normalized spacial score (nSPS) is 46.9. The van der Waals surface area contributed by atoms with Gasteiger partial charge in [0.2, 0.25) is 0 Å². The molecule has 6 aliphatic rings. The van der Waals surface area contributed by atoms with Crippen molar-refractivity contribution < 1.29 is 33.3 Å². The molecule has 2 aliphatic heterocycles. The van der Waals surface area contributed by atoms with Crippen molar-refractivity contribution in [3.05, 3.63) is 11.6 Å². The maximum atomic E-state index is 12.6. The lowest BCUT2D eigenvalue weighted by Crippen LogP contribution is -2.58. The van der Waals surface area contributed by atoms with Crippen LogP contribution in [0.25, 0.3) is 0 Å². The number of hydrogen-bond donors (Lipinski definition) is 1. The van der Waals surface area contributed by atoms with E-state index in [0.717, 1.165) is 38.9 Å². The van der Waals surface area contributed by atoms with Crippen molar-refractivity contribution in [2.45, 2.75) is 104 Å². The zero-order valence-corrected chi connectivity index (χ0v) is 24.7. The Morgan fingerprint density at radius 2 is 1.77 bits per heavy atom.